The maximum absolute atomic E-state index is 12.9. The van der Waals surface area contributed by atoms with E-state index in [9.17, 15) is 14.0 Å². The van der Waals surface area contributed by atoms with Crippen molar-refractivity contribution in [1.29, 1.82) is 0 Å². The molecule has 0 fully saturated rings. The predicted octanol–water partition coefficient (Wildman–Crippen LogP) is 2.56. The Balaban J connectivity index is 1.88. The maximum Gasteiger partial charge on any atom is 0.261 e. The van der Waals surface area contributed by atoms with Gasteiger partial charge in [-0.05, 0) is 42.1 Å². The number of aryl methyl sites for hydroxylation is 1. The Bertz CT molecular complexity index is 626. The van der Waals surface area contributed by atoms with Crippen molar-refractivity contribution in [2.75, 3.05) is 11.9 Å². The Morgan fingerprint density at radius 2 is 2.10 bits per heavy atom. The minimum Gasteiger partial charge on any atom is -0.342 e. The van der Waals surface area contributed by atoms with Crippen LogP contribution in [0.1, 0.15) is 15.2 Å². The van der Waals surface area contributed by atoms with Crippen molar-refractivity contribution in [2.24, 2.45) is 0 Å². The van der Waals surface area contributed by atoms with Gasteiger partial charge in [-0.3, -0.25) is 9.59 Å². The van der Waals surface area contributed by atoms with Crippen LogP contribution < -0.4 is 10.6 Å². The molecule has 0 saturated carbocycles. The first-order chi connectivity index (χ1) is 9.56. The number of rotatable bonds is 4. The van der Waals surface area contributed by atoms with Crippen molar-refractivity contribution in [3.8, 4) is 0 Å². The lowest BCUT2D eigenvalue weighted by molar-refractivity contribution is -0.115. The number of carbonyl (C=O) groups excluding carboxylic acids is 2. The molecule has 0 saturated heterocycles. The van der Waals surface area contributed by atoms with Crippen LogP contribution in [-0.2, 0) is 4.79 Å². The highest BCUT2D eigenvalue weighted by Gasteiger charge is 2.09. The number of thiophene rings is 1. The number of hydrogen-bond donors (Lipinski definition) is 2. The molecule has 6 heteroatoms. The summed E-state index contributed by atoms with van der Waals surface area (Å²) in [5, 5.41) is 6.93. The molecule has 20 heavy (non-hydrogen) atoms. The SMILES string of the molecule is Cc1cc(F)ccc1NC(=O)CNC(=O)c1cccs1. The van der Waals surface area contributed by atoms with Crippen molar-refractivity contribution in [3.05, 3.63) is 52.0 Å². The van der Waals surface area contributed by atoms with Crippen LogP contribution in [0, 0.1) is 12.7 Å². The van der Waals surface area contributed by atoms with E-state index < -0.39 is 0 Å². The Morgan fingerprint density at radius 3 is 2.75 bits per heavy atom. The lowest BCUT2D eigenvalue weighted by Gasteiger charge is -2.09. The summed E-state index contributed by atoms with van der Waals surface area (Å²) in [6, 6.07) is 7.54. The third-order valence-corrected chi connectivity index (χ3v) is 3.49. The molecular formula is C14H13FN2O2S. The molecule has 0 aliphatic heterocycles. The Kier molecular flexibility index (Phi) is 4.47. The highest BCUT2D eigenvalue weighted by molar-refractivity contribution is 7.12. The van der Waals surface area contributed by atoms with Gasteiger partial charge >= 0.3 is 0 Å². The molecule has 0 atom stereocenters. The van der Waals surface area contributed by atoms with Gasteiger partial charge in [0.2, 0.25) is 5.91 Å². The summed E-state index contributed by atoms with van der Waals surface area (Å²) in [5.41, 5.74) is 1.16. The molecule has 104 valence electrons. The quantitative estimate of drug-likeness (QED) is 0.910. The fourth-order valence-corrected chi connectivity index (χ4v) is 2.26. The summed E-state index contributed by atoms with van der Waals surface area (Å²) < 4.78 is 12.9. The summed E-state index contributed by atoms with van der Waals surface area (Å²) in [7, 11) is 0. The molecule has 0 bridgehead atoms. The fourth-order valence-electron chi connectivity index (χ4n) is 1.62. The van der Waals surface area contributed by atoms with E-state index in [-0.39, 0.29) is 24.2 Å². The molecule has 0 aliphatic carbocycles. The molecule has 0 aliphatic rings. The molecule has 2 amide bonds. The first-order valence-electron chi connectivity index (χ1n) is 5.94. The number of hydrogen-bond acceptors (Lipinski definition) is 3. The van der Waals surface area contributed by atoms with Crippen molar-refractivity contribution in [1.82, 2.24) is 5.32 Å². The normalized spacial score (nSPS) is 10.1. The van der Waals surface area contributed by atoms with Crippen molar-refractivity contribution in [2.45, 2.75) is 6.92 Å². The zero-order valence-corrected chi connectivity index (χ0v) is 11.6. The highest BCUT2D eigenvalue weighted by atomic mass is 32.1. The smallest absolute Gasteiger partial charge is 0.261 e. The molecule has 0 radical (unpaired) electrons. The number of anilines is 1. The van der Waals surface area contributed by atoms with Crippen LogP contribution in [0.4, 0.5) is 10.1 Å². The van der Waals surface area contributed by atoms with Gasteiger partial charge in [0.25, 0.3) is 5.91 Å². The van der Waals surface area contributed by atoms with Crippen LogP contribution in [0.25, 0.3) is 0 Å². The topological polar surface area (TPSA) is 58.2 Å². The van der Waals surface area contributed by atoms with Crippen LogP contribution in [0.5, 0.6) is 0 Å². The van der Waals surface area contributed by atoms with Crippen LogP contribution >= 0.6 is 11.3 Å². The number of amides is 2. The number of halogens is 1. The molecule has 0 unspecified atom stereocenters. The minimum atomic E-state index is -0.357. The number of carbonyl (C=O) groups is 2. The second-order valence-electron chi connectivity index (χ2n) is 4.17. The first kappa shape index (κ1) is 14.2. The van der Waals surface area contributed by atoms with Gasteiger partial charge in [0.15, 0.2) is 0 Å². The molecule has 2 N–H and O–H groups in total. The molecular weight excluding hydrogens is 279 g/mol. The predicted molar refractivity (Wildman–Crippen MR) is 76.4 cm³/mol. The Hall–Kier alpha value is -2.21. The van der Waals surface area contributed by atoms with E-state index in [4.69, 9.17) is 0 Å². The monoisotopic (exact) mass is 292 g/mol. The molecule has 2 rings (SSSR count). The van der Waals surface area contributed by atoms with E-state index in [1.165, 1.54) is 29.5 Å². The lowest BCUT2D eigenvalue weighted by Crippen LogP contribution is -2.32. The first-order valence-corrected chi connectivity index (χ1v) is 6.82. The second kappa shape index (κ2) is 6.29. The van der Waals surface area contributed by atoms with Gasteiger partial charge in [-0.25, -0.2) is 4.39 Å². The minimum absolute atomic E-state index is 0.131. The van der Waals surface area contributed by atoms with Gasteiger partial charge in [0, 0.05) is 5.69 Å². The van der Waals surface area contributed by atoms with Gasteiger partial charge in [0.1, 0.15) is 5.82 Å². The van der Waals surface area contributed by atoms with Gasteiger partial charge in [-0.15, -0.1) is 11.3 Å². The molecule has 1 heterocycles. The Labute approximate surface area is 119 Å². The van der Waals surface area contributed by atoms with Crippen LogP contribution in [0.15, 0.2) is 35.7 Å². The van der Waals surface area contributed by atoms with E-state index in [0.717, 1.165) is 0 Å². The molecule has 4 nitrogen and oxygen atoms in total. The molecule has 1 aromatic carbocycles. The molecule has 2 aromatic rings. The van der Waals surface area contributed by atoms with Gasteiger partial charge in [-0.2, -0.15) is 0 Å². The summed E-state index contributed by atoms with van der Waals surface area (Å²) >= 11 is 1.31. The largest absolute Gasteiger partial charge is 0.342 e. The molecule has 1 aromatic heterocycles. The standard InChI is InChI=1S/C14H13FN2O2S/c1-9-7-10(15)4-5-11(9)17-13(18)8-16-14(19)12-3-2-6-20-12/h2-7H,8H2,1H3,(H,16,19)(H,17,18). The van der Waals surface area contributed by atoms with E-state index in [1.54, 1.807) is 24.4 Å². The summed E-state index contributed by atoms with van der Waals surface area (Å²) in [5.74, 6) is -0.998. The van der Waals surface area contributed by atoms with Crippen LogP contribution in [0.2, 0.25) is 0 Å². The van der Waals surface area contributed by atoms with Crippen molar-refractivity contribution < 1.29 is 14.0 Å². The van der Waals surface area contributed by atoms with Crippen molar-refractivity contribution >= 4 is 28.8 Å². The van der Waals surface area contributed by atoms with Crippen molar-refractivity contribution in [3.63, 3.8) is 0 Å². The lowest BCUT2D eigenvalue weighted by atomic mass is 10.2. The maximum atomic E-state index is 12.9. The summed E-state index contributed by atoms with van der Waals surface area (Å²) in [6.07, 6.45) is 0. The number of benzene rings is 1. The average molecular weight is 292 g/mol. The van der Waals surface area contributed by atoms with Gasteiger partial charge in [0.05, 0.1) is 11.4 Å². The van der Waals surface area contributed by atoms with E-state index in [2.05, 4.69) is 10.6 Å². The molecule has 0 spiro atoms. The second-order valence-corrected chi connectivity index (χ2v) is 5.12. The van der Waals surface area contributed by atoms with E-state index >= 15 is 0 Å². The third-order valence-electron chi connectivity index (χ3n) is 2.62. The van der Waals surface area contributed by atoms with E-state index in [1.807, 2.05) is 0 Å². The van der Waals surface area contributed by atoms with Gasteiger partial charge < -0.3 is 10.6 Å². The summed E-state index contributed by atoms with van der Waals surface area (Å²) in [6.45, 7) is 1.57. The average Bonchev–Trinajstić information content (AvgIpc) is 2.93. The summed E-state index contributed by atoms with van der Waals surface area (Å²) in [4.78, 5) is 23.9. The highest BCUT2D eigenvalue weighted by Crippen LogP contribution is 2.15. The van der Waals surface area contributed by atoms with Gasteiger partial charge in [-0.1, -0.05) is 6.07 Å². The van der Waals surface area contributed by atoms with E-state index in [0.29, 0.717) is 16.1 Å². The fraction of sp³-hybridized carbons (Fsp3) is 0.143. The van der Waals surface area contributed by atoms with Crippen LogP contribution in [-0.4, -0.2) is 18.4 Å². The Morgan fingerprint density at radius 1 is 1.30 bits per heavy atom. The zero-order chi connectivity index (χ0) is 14.5. The number of nitrogens with one attached hydrogen (secondary N) is 2. The third kappa shape index (κ3) is 3.64. The zero-order valence-electron chi connectivity index (χ0n) is 10.8. The van der Waals surface area contributed by atoms with Crippen LogP contribution in [0.3, 0.4) is 0 Å².